The topological polar surface area (TPSA) is 49.5 Å². The molecule has 0 heterocycles. The average molecular weight is 272 g/mol. The van der Waals surface area contributed by atoms with Gasteiger partial charge >= 0.3 is 6.18 Å². The summed E-state index contributed by atoms with van der Waals surface area (Å²) < 4.78 is 37.9. The van der Waals surface area contributed by atoms with Crippen LogP contribution in [0, 0.1) is 5.92 Å². The number of nitrogens with zero attached hydrogens (tertiary/aromatic N) is 1. The van der Waals surface area contributed by atoms with E-state index in [1.807, 2.05) is 6.92 Å². The van der Waals surface area contributed by atoms with Gasteiger partial charge in [-0.2, -0.15) is 13.2 Å². The van der Waals surface area contributed by atoms with Crippen molar-refractivity contribution < 1.29 is 18.3 Å². The van der Waals surface area contributed by atoms with Gasteiger partial charge in [0.2, 0.25) is 0 Å². The molecular weight excluding hydrogens is 253 g/mol. The summed E-state index contributed by atoms with van der Waals surface area (Å²) in [6, 6.07) is 0. The first-order valence-corrected chi connectivity index (χ1v) is 5.93. The van der Waals surface area contributed by atoms with E-state index in [9.17, 15) is 13.2 Å². The molecule has 0 aromatic heterocycles. The Hall–Kier alpha value is -0.400. The van der Waals surface area contributed by atoms with E-state index >= 15 is 0 Å². The monoisotopic (exact) mass is 272 g/mol. The van der Waals surface area contributed by atoms with E-state index in [1.54, 1.807) is 4.90 Å². The van der Waals surface area contributed by atoms with Gasteiger partial charge in [0.1, 0.15) is 5.92 Å². The zero-order valence-corrected chi connectivity index (χ0v) is 10.7. The van der Waals surface area contributed by atoms with Crippen molar-refractivity contribution in [2.45, 2.75) is 25.9 Å². The van der Waals surface area contributed by atoms with Crippen LogP contribution in [-0.2, 0) is 0 Å². The maximum absolute atomic E-state index is 12.6. The van der Waals surface area contributed by atoms with E-state index in [2.05, 4.69) is 12.2 Å². The Morgan fingerprint density at radius 2 is 2.00 bits per heavy atom. The Balaban J connectivity index is 4.51. The highest BCUT2D eigenvalue weighted by atomic mass is 32.1. The molecule has 1 unspecified atom stereocenters. The van der Waals surface area contributed by atoms with Crippen LogP contribution < -0.4 is 5.73 Å². The molecule has 0 saturated carbocycles. The van der Waals surface area contributed by atoms with Crippen LogP contribution >= 0.6 is 12.2 Å². The van der Waals surface area contributed by atoms with Gasteiger partial charge in [0.15, 0.2) is 0 Å². The molecule has 7 heteroatoms. The molecule has 0 aliphatic carbocycles. The maximum atomic E-state index is 12.6. The van der Waals surface area contributed by atoms with Crippen molar-refractivity contribution in [3.63, 3.8) is 0 Å². The van der Waals surface area contributed by atoms with Gasteiger partial charge in [-0.25, -0.2) is 0 Å². The molecule has 3 N–H and O–H groups in total. The van der Waals surface area contributed by atoms with E-state index in [0.717, 1.165) is 12.8 Å². The van der Waals surface area contributed by atoms with Gasteiger partial charge < -0.3 is 15.7 Å². The van der Waals surface area contributed by atoms with E-state index in [0.29, 0.717) is 6.54 Å². The fourth-order valence-corrected chi connectivity index (χ4v) is 1.64. The third-order valence-electron chi connectivity index (χ3n) is 2.42. The molecule has 0 aliphatic heterocycles. The van der Waals surface area contributed by atoms with Crippen LogP contribution in [0.3, 0.4) is 0 Å². The number of aliphatic hydroxyl groups is 1. The molecule has 0 spiro atoms. The summed E-state index contributed by atoms with van der Waals surface area (Å²) >= 11 is 4.45. The van der Waals surface area contributed by atoms with Gasteiger partial charge in [0, 0.05) is 13.1 Å². The second-order valence-corrected chi connectivity index (χ2v) is 4.35. The zero-order chi connectivity index (χ0) is 13.5. The molecule has 0 aromatic carbocycles. The maximum Gasteiger partial charge on any atom is 0.399 e. The van der Waals surface area contributed by atoms with Gasteiger partial charge in [0.25, 0.3) is 0 Å². The van der Waals surface area contributed by atoms with E-state index in [-0.39, 0.29) is 19.7 Å². The summed E-state index contributed by atoms with van der Waals surface area (Å²) in [5, 5.41) is 8.80. The minimum Gasteiger partial charge on any atom is -0.395 e. The highest BCUT2D eigenvalue weighted by molar-refractivity contribution is 7.80. The standard InChI is InChI=1S/C10H19F3N2OS/c1-2-3-4-15(5-6-16)7-8(9(14)17)10(11,12)13/h8,16H,2-7H2,1H3,(H2,14,17). The zero-order valence-electron chi connectivity index (χ0n) is 9.83. The lowest BCUT2D eigenvalue weighted by Crippen LogP contribution is -2.44. The van der Waals surface area contributed by atoms with Crippen molar-refractivity contribution in [1.82, 2.24) is 4.90 Å². The lowest BCUT2D eigenvalue weighted by molar-refractivity contribution is -0.159. The van der Waals surface area contributed by atoms with Gasteiger partial charge in [-0.05, 0) is 13.0 Å². The van der Waals surface area contributed by atoms with Crippen molar-refractivity contribution in [2.24, 2.45) is 11.7 Å². The molecule has 0 fully saturated rings. The number of aliphatic hydroxyl groups excluding tert-OH is 1. The van der Waals surface area contributed by atoms with Crippen LogP contribution in [0.1, 0.15) is 19.8 Å². The van der Waals surface area contributed by atoms with Crippen molar-refractivity contribution in [2.75, 3.05) is 26.2 Å². The van der Waals surface area contributed by atoms with Gasteiger partial charge in [-0.1, -0.05) is 25.6 Å². The Morgan fingerprint density at radius 1 is 1.41 bits per heavy atom. The summed E-state index contributed by atoms with van der Waals surface area (Å²) in [7, 11) is 0. The Labute approximate surface area is 105 Å². The Bertz CT molecular complexity index is 236. The predicted octanol–water partition coefficient (Wildman–Crippen LogP) is 1.55. The molecule has 1 atom stereocenters. The van der Waals surface area contributed by atoms with Crippen molar-refractivity contribution in [3.05, 3.63) is 0 Å². The number of hydrogen-bond acceptors (Lipinski definition) is 3. The lowest BCUT2D eigenvalue weighted by atomic mass is 10.1. The van der Waals surface area contributed by atoms with Crippen LogP contribution in [0.5, 0.6) is 0 Å². The average Bonchev–Trinajstić information content (AvgIpc) is 2.19. The molecule has 0 radical (unpaired) electrons. The van der Waals surface area contributed by atoms with E-state index in [1.165, 1.54) is 0 Å². The second-order valence-electron chi connectivity index (χ2n) is 3.87. The van der Waals surface area contributed by atoms with Crippen molar-refractivity contribution in [3.8, 4) is 0 Å². The number of thiocarbonyl (C=S) groups is 1. The second kappa shape index (κ2) is 7.84. The van der Waals surface area contributed by atoms with Gasteiger partial charge in [0.05, 0.1) is 11.6 Å². The van der Waals surface area contributed by atoms with Crippen LogP contribution in [0.25, 0.3) is 0 Å². The Kier molecular flexibility index (Phi) is 7.65. The highest BCUT2D eigenvalue weighted by Gasteiger charge is 2.42. The SMILES string of the molecule is CCCCN(CCO)CC(C(N)=S)C(F)(F)F. The number of unbranched alkanes of at least 4 members (excludes halogenated alkanes) is 1. The minimum atomic E-state index is -4.42. The summed E-state index contributed by atoms with van der Waals surface area (Å²) in [5.74, 6) is -1.80. The van der Waals surface area contributed by atoms with Gasteiger partial charge in [-0.15, -0.1) is 0 Å². The van der Waals surface area contributed by atoms with E-state index in [4.69, 9.17) is 10.8 Å². The quantitative estimate of drug-likeness (QED) is 0.658. The first-order valence-electron chi connectivity index (χ1n) is 5.52. The normalized spacial score (nSPS) is 14.0. The summed E-state index contributed by atoms with van der Waals surface area (Å²) in [5.41, 5.74) is 5.12. The molecule has 0 aromatic rings. The first kappa shape index (κ1) is 16.6. The van der Waals surface area contributed by atoms with Crippen LogP contribution in [-0.4, -0.2) is 47.4 Å². The summed E-state index contributed by atoms with van der Waals surface area (Å²) in [4.78, 5) is 0.998. The molecule has 0 bridgehead atoms. The number of alkyl halides is 3. The Morgan fingerprint density at radius 3 is 2.35 bits per heavy atom. The molecule has 0 aliphatic rings. The number of nitrogens with two attached hydrogens (primary N) is 1. The van der Waals surface area contributed by atoms with Crippen LogP contribution in [0.4, 0.5) is 13.2 Å². The third kappa shape index (κ3) is 6.80. The molecule has 102 valence electrons. The first-order chi connectivity index (χ1) is 7.82. The third-order valence-corrected chi connectivity index (χ3v) is 2.71. The fraction of sp³-hybridized carbons (Fsp3) is 0.900. The van der Waals surface area contributed by atoms with E-state index < -0.39 is 17.1 Å². The molecule has 0 rings (SSSR count). The lowest BCUT2D eigenvalue weighted by Gasteiger charge is -2.27. The molecular formula is C10H19F3N2OS. The largest absolute Gasteiger partial charge is 0.399 e. The number of hydrogen-bond donors (Lipinski definition) is 2. The number of halogens is 3. The predicted molar refractivity (Wildman–Crippen MR) is 64.8 cm³/mol. The van der Waals surface area contributed by atoms with Gasteiger partial charge in [-0.3, -0.25) is 0 Å². The summed E-state index contributed by atoms with van der Waals surface area (Å²) in [6.45, 7) is 2.21. The molecule has 0 amide bonds. The minimum absolute atomic E-state index is 0.175. The molecule has 3 nitrogen and oxygen atoms in total. The van der Waals surface area contributed by atoms with Crippen molar-refractivity contribution in [1.29, 1.82) is 0 Å². The smallest absolute Gasteiger partial charge is 0.395 e. The highest BCUT2D eigenvalue weighted by Crippen LogP contribution is 2.27. The van der Waals surface area contributed by atoms with Crippen molar-refractivity contribution >= 4 is 17.2 Å². The fourth-order valence-electron chi connectivity index (χ4n) is 1.43. The van der Waals surface area contributed by atoms with Crippen LogP contribution in [0.2, 0.25) is 0 Å². The van der Waals surface area contributed by atoms with Crippen LogP contribution in [0.15, 0.2) is 0 Å². The molecule has 0 saturated heterocycles. The molecule has 17 heavy (non-hydrogen) atoms. The summed E-state index contributed by atoms with van der Waals surface area (Å²) in [6.07, 6.45) is -2.76. The number of rotatable bonds is 8.